The first-order valence-electron chi connectivity index (χ1n) is 13.6. The van der Waals surface area contributed by atoms with E-state index in [4.69, 9.17) is 4.74 Å². The molecule has 3 aromatic heterocycles. The van der Waals surface area contributed by atoms with Crippen LogP contribution in [-0.4, -0.2) is 30.8 Å². The molecule has 0 radical (unpaired) electrons. The minimum Gasteiger partial charge on any atom is -0.481 e. The SMILES string of the molecule is Cc1c(Oc2ccccn2)ccc2[nH]c(C(Cc3ccc(-c4ccc(C(F)(F)F)cn4)cc3)C(=O)O)c(SC(C)(C)C)c12. The number of pyridine rings is 2. The number of ether oxygens (including phenoxy) is 1. The maximum atomic E-state index is 12.9. The zero-order valence-corrected chi connectivity index (χ0v) is 24.8. The normalized spacial score (nSPS) is 12.8. The predicted molar refractivity (Wildman–Crippen MR) is 162 cm³/mol. The molecule has 10 heteroatoms. The van der Waals surface area contributed by atoms with Crippen molar-refractivity contribution in [1.29, 1.82) is 0 Å². The van der Waals surface area contributed by atoms with Crippen molar-refractivity contribution >= 4 is 28.6 Å². The Bertz CT molecular complexity index is 1750. The number of aliphatic carboxylic acids is 1. The Hall–Kier alpha value is -4.31. The highest BCUT2D eigenvalue weighted by molar-refractivity contribution is 8.00. The van der Waals surface area contributed by atoms with E-state index in [9.17, 15) is 23.1 Å². The molecule has 3 heterocycles. The van der Waals surface area contributed by atoms with Gasteiger partial charge < -0.3 is 14.8 Å². The van der Waals surface area contributed by atoms with Gasteiger partial charge in [-0.3, -0.25) is 9.78 Å². The molecule has 0 aliphatic rings. The number of aromatic nitrogens is 3. The average Bonchev–Trinajstić information content (AvgIpc) is 3.30. The maximum absolute atomic E-state index is 12.9. The standard InChI is InChI=1S/C33H30F3N3O3S/c1-19-26(42-27-7-5-6-16-37-27)15-14-25-28(19)30(43-32(2,3)4)29(39-25)23(31(40)41)17-20-8-10-21(11-9-20)24-13-12-22(18-38-24)33(34,35)36/h5-16,18,23,39H,17H2,1-4H3,(H,40,41). The van der Waals surface area contributed by atoms with Gasteiger partial charge in [0.05, 0.1) is 11.3 Å². The zero-order valence-electron chi connectivity index (χ0n) is 24.0. The Morgan fingerprint density at radius 2 is 1.74 bits per heavy atom. The fourth-order valence-corrected chi connectivity index (χ4v) is 6.09. The number of thioether (sulfide) groups is 1. The van der Waals surface area contributed by atoms with Gasteiger partial charge in [0.1, 0.15) is 11.7 Å². The molecule has 0 aliphatic carbocycles. The number of nitrogens with zero attached hydrogens (tertiary/aromatic N) is 2. The molecule has 0 fully saturated rings. The Kier molecular flexibility index (Phi) is 8.25. The van der Waals surface area contributed by atoms with Crippen LogP contribution < -0.4 is 4.74 Å². The quantitative estimate of drug-likeness (QED) is 0.172. The van der Waals surface area contributed by atoms with Gasteiger partial charge >= 0.3 is 12.1 Å². The maximum Gasteiger partial charge on any atom is 0.417 e. The summed E-state index contributed by atoms with van der Waals surface area (Å²) in [6, 6.07) is 18.5. The van der Waals surface area contributed by atoms with Crippen molar-refractivity contribution in [2.24, 2.45) is 0 Å². The molecule has 0 spiro atoms. The lowest BCUT2D eigenvalue weighted by Crippen LogP contribution is -2.17. The fourth-order valence-electron chi connectivity index (χ4n) is 4.81. The molecule has 0 saturated heterocycles. The van der Waals surface area contributed by atoms with Crippen LogP contribution in [0.5, 0.6) is 11.6 Å². The van der Waals surface area contributed by atoms with Gasteiger partial charge in [-0.15, -0.1) is 11.8 Å². The van der Waals surface area contributed by atoms with E-state index in [2.05, 4.69) is 35.7 Å². The van der Waals surface area contributed by atoms with E-state index in [1.807, 2.05) is 31.2 Å². The zero-order chi connectivity index (χ0) is 30.9. The van der Waals surface area contributed by atoms with Gasteiger partial charge in [-0.1, -0.05) is 51.1 Å². The molecular formula is C33H30F3N3O3S. The minimum absolute atomic E-state index is 0.205. The molecule has 2 N–H and O–H groups in total. The summed E-state index contributed by atoms with van der Waals surface area (Å²) in [6.45, 7) is 8.18. The third-order valence-electron chi connectivity index (χ3n) is 6.84. The summed E-state index contributed by atoms with van der Waals surface area (Å²) in [7, 11) is 0. The second-order valence-electron chi connectivity index (χ2n) is 11.2. The highest BCUT2D eigenvalue weighted by Crippen LogP contribution is 2.45. The number of benzene rings is 2. The molecule has 0 aliphatic heterocycles. The van der Waals surface area contributed by atoms with Crippen molar-refractivity contribution < 1.29 is 27.8 Å². The Morgan fingerprint density at radius 3 is 2.33 bits per heavy atom. The molecule has 1 unspecified atom stereocenters. The summed E-state index contributed by atoms with van der Waals surface area (Å²) in [6.07, 6.45) is -1.79. The number of carbonyl (C=O) groups is 1. The molecule has 43 heavy (non-hydrogen) atoms. The van der Waals surface area contributed by atoms with Crippen molar-refractivity contribution in [1.82, 2.24) is 15.0 Å². The lowest BCUT2D eigenvalue weighted by molar-refractivity contribution is -0.139. The smallest absolute Gasteiger partial charge is 0.417 e. The number of hydrogen-bond donors (Lipinski definition) is 2. The van der Waals surface area contributed by atoms with Crippen molar-refractivity contribution in [2.75, 3.05) is 0 Å². The van der Waals surface area contributed by atoms with Crippen molar-refractivity contribution in [3.05, 3.63) is 102 Å². The van der Waals surface area contributed by atoms with Gasteiger partial charge in [-0.05, 0) is 49.2 Å². The molecule has 2 aromatic carbocycles. The minimum atomic E-state index is -4.46. The number of carboxylic acids is 1. The third-order valence-corrected chi connectivity index (χ3v) is 8.08. The summed E-state index contributed by atoms with van der Waals surface area (Å²) < 4.78 is 44.6. The van der Waals surface area contributed by atoms with E-state index in [0.29, 0.717) is 28.6 Å². The third kappa shape index (κ3) is 6.85. The molecule has 0 amide bonds. The summed E-state index contributed by atoms with van der Waals surface area (Å²) in [5.41, 5.74) is 3.27. The number of aryl methyl sites for hydroxylation is 1. The molecular weight excluding hydrogens is 575 g/mol. The van der Waals surface area contributed by atoms with E-state index in [1.54, 1.807) is 48.3 Å². The Labute approximate surface area is 251 Å². The van der Waals surface area contributed by atoms with E-state index in [-0.39, 0.29) is 11.2 Å². The molecule has 0 saturated carbocycles. The number of aromatic amines is 1. The molecule has 5 aromatic rings. The monoisotopic (exact) mass is 605 g/mol. The number of halogens is 3. The van der Waals surface area contributed by atoms with Crippen LogP contribution in [0.4, 0.5) is 13.2 Å². The van der Waals surface area contributed by atoms with Gasteiger partial charge in [-0.25, -0.2) is 4.98 Å². The first-order valence-corrected chi connectivity index (χ1v) is 14.4. The van der Waals surface area contributed by atoms with Gasteiger partial charge in [0.25, 0.3) is 0 Å². The van der Waals surface area contributed by atoms with Crippen molar-refractivity contribution in [3.63, 3.8) is 0 Å². The molecule has 6 nitrogen and oxygen atoms in total. The molecule has 1 atom stereocenters. The van der Waals surface area contributed by atoms with Crippen LogP contribution in [0.15, 0.2) is 84.0 Å². The lowest BCUT2D eigenvalue weighted by Gasteiger charge is -2.21. The van der Waals surface area contributed by atoms with Crippen molar-refractivity contribution in [3.8, 4) is 22.9 Å². The Morgan fingerprint density at radius 1 is 1.00 bits per heavy atom. The largest absolute Gasteiger partial charge is 0.481 e. The summed E-state index contributed by atoms with van der Waals surface area (Å²) >= 11 is 1.60. The van der Waals surface area contributed by atoms with E-state index in [1.165, 1.54) is 6.07 Å². The summed E-state index contributed by atoms with van der Waals surface area (Å²) in [4.78, 5) is 25.2. The van der Waals surface area contributed by atoms with Crippen LogP contribution in [0.1, 0.15) is 49.1 Å². The highest BCUT2D eigenvalue weighted by atomic mass is 32.2. The van der Waals surface area contributed by atoms with Crippen LogP contribution in [0.3, 0.4) is 0 Å². The van der Waals surface area contributed by atoms with Gasteiger partial charge in [0, 0.05) is 55.8 Å². The number of nitrogens with one attached hydrogen (secondary N) is 1. The second kappa shape index (κ2) is 11.8. The highest BCUT2D eigenvalue weighted by Gasteiger charge is 2.31. The molecule has 222 valence electrons. The van der Waals surface area contributed by atoms with Gasteiger partial charge in [-0.2, -0.15) is 13.2 Å². The lowest BCUT2D eigenvalue weighted by atomic mass is 9.95. The average molecular weight is 606 g/mol. The number of carboxylic acid groups (broad SMARTS) is 1. The number of H-pyrrole nitrogens is 1. The van der Waals surface area contributed by atoms with Crippen LogP contribution in [0.2, 0.25) is 0 Å². The first kappa shape index (κ1) is 30.2. The van der Waals surface area contributed by atoms with E-state index >= 15 is 0 Å². The number of alkyl halides is 3. The second-order valence-corrected chi connectivity index (χ2v) is 13.0. The summed E-state index contributed by atoms with van der Waals surface area (Å²) in [5, 5.41) is 11.3. The van der Waals surface area contributed by atoms with Crippen LogP contribution in [0.25, 0.3) is 22.2 Å². The summed E-state index contributed by atoms with van der Waals surface area (Å²) in [5.74, 6) is -0.763. The van der Waals surface area contributed by atoms with Crippen LogP contribution >= 0.6 is 11.8 Å². The molecule has 0 bridgehead atoms. The number of rotatable bonds is 8. The van der Waals surface area contributed by atoms with E-state index in [0.717, 1.165) is 39.2 Å². The molecule has 5 rings (SSSR count). The first-order chi connectivity index (χ1) is 20.3. The topological polar surface area (TPSA) is 88.1 Å². The Balaban J connectivity index is 1.49. The number of hydrogen-bond acceptors (Lipinski definition) is 5. The van der Waals surface area contributed by atoms with Crippen LogP contribution in [0, 0.1) is 6.92 Å². The van der Waals surface area contributed by atoms with Gasteiger partial charge in [0.2, 0.25) is 5.88 Å². The van der Waals surface area contributed by atoms with Gasteiger partial charge in [0.15, 0.2) is 0 Å². The van der Waals surface area contributed by atoms with Crippen LogP contribution in [-0.2, 0) is 17.4 Å². The van der Waals surface area contributed by atoms with Crippen molar-refractivity contribution in [2.45, 2.75) is 55.9 Å². The van der Waals surface area contributed by atoms with E-state index < -0.39 is 23.6 Å². The number of fused-ring (bicyclic) bond motifs is 1. The fraction of sp³-hybridized carbons (Fsp3) is 0.242. The predicted octanol–water partition coefficient (Wildman–Crippen LogP) is 9.05.